The molecule has 6 N–H and O–H groups in total. The number of hydrogen-bond donors (Lipinski definition) is 6. The molecule has 4 aromatic heterocycles. The molecule has 0 spiro atoms. The van der Waals surface area contributed by atoms with Gasteiger partial charge >= 0.3 is 18.3 Å². The van der Waals surface area contributed by atoms with Crippen molar-refractivity contribution < 1.29 is 62.1 Å². The smallest absolute Gasteiger partial charge is 0.416 e. The molecule has 692 valence electrons. The molecule has 3 saturated heterocycles. The minimum Gasteiger partial charge on any atom is -0.497 e. The van der Waals surface area contributed by atoms with Crippen molar-refractivity contribution in [3.8, 4) is 34.5 Å². The van der Waals surface area contributed by atoms with Crippen LogP contribution in [0.15, 0.2) is 194 Å². The van der Waals surface area contributed by atoms with Crippen LogP contribution in [0.2, 0.25) is 20.1 Å². The zero-order chi connectivity index (χ0) is 91.5. The second-order valence-corrected chi connectivity index (χ2v) is 36.7. The van der Waals surface area contributed by atoms with Gasteiger partial charge in [0.1, 0.15) is 78.0 Å². The number of epoxide rings is 1. The Morgan fingerprint density at radius 1 is 0.462 bits per heavy atom. The molecule has 7 unspecified atom stereocenters. The second kappa shape index (κ2) is 43.0. The van der Waals surface area contributed by atoms with Crippen LogP contribution in [0.1, 0.15) is 125 Å². The number of likely N-dealkylation sites (N-methyl/N-ethyl adjacent to an activating group) is 1. The van der Waals surface area contributed by atoms with Gasteiger partial charge in [-0.3, -0.25) is 19.6 Å². The molecule has 132 heavy (non-hydrogen) atoms. The summed E-state index contributed by atoms with van der Waals surface area (Å²) < 4.78 is 50.5. The van der Waals surface area contributed by atoms with Crippen LogP contribution in [0.5, 0.6) is 34.5 Å². The molecule has 9 aromatic carbocycles. The number of hydrogen-bond acceptors (Lipinski definition) is 17. The van der Waals surface area contributed by atoms with Crippen molar-refractivity contribution in [2.45, 2.75) is 95.2 Å². The maximum Gasteiger partial charge on any atom is 0.416 e. The summed E-state index contributed by atoms with van der Waals surface area (Å²) in [7, 11) is 5.90. The number of likely N-dealkylation sites (tertiary alicyclic amines) is 1. The lowest BCUT2D eigenvalue weighted by atomic mass is 9.92. The van der Waals surface area contributed by atoms with Crippen LogP contribution in [0.4, 0.5) is 14.4 Å². The highest BCUT2D eigenvalue weighted by Crippen LogP contribution is 2.45. The van der Waals surface area contributed by atoms with E-state index in [1.54, 1.807) is 46.1 Å². The molecule has 13 aromatic rings. The number of aliphatic hydroxyl groups is 1. The Hall–Kier alpha value is -10.8. The summed E-state index contributed by atoms with van der Waals surface area (Å²) in [6, 6.07) is 61.9. The van der Waals surface area contributed by atoms with Gasteiger partial charge in [-0.25, -0.2) is 14.4 Å². The van der Waals surface area contributed by atoms with Crippen LogP contribution in [0.3, 0.4) is 0 Å². The van der Waals surface area contributed by atoms with Gasteiger partial charge in [-0.1, -0.05) is 94.9 Å². The van der Waals surface area contributed by atoms with E-state index in [1.165, 1.54) is 51.7 Å². The van der Waals surface area contributed by atoms with Gasteiger partial charge in [0.05, 0.1) is 46.2 Å². The molecule has 7 atom stereocenters. The summed E-state index contributed by atoms with van der Waals surface area (Å²) in [5, 5.41) is 21.5. The van der Waals surface area contributed by atoms with E-state index in [0.717, 1.165) is 172 Å². The Labute approximate surface area is 793 Å². The van der Waals surface area contributed by atoms with Crippen molar-refractivity contribution in [2.75, 3.05) is 145 Å². The van der Waals surface area contributed by atoms with Crippen molar-refractivity contribution in [1.82, 2.24) is 54.7 Å². The van der Waals surface area contributed by atoms with Crippen molar-refractivity contribution in [2.24, 2.45) is 5.92 Å². The highest BCUT2D eigenvalue weighted by molar-refractivity contribution is 6.32. The molecule has 7 aliphatic heterocycles. The second-order valence-electron chi connectivity index (χ2n) is 34.5. The lowest BCUT2D eigenvalue weighted by Crippen LogP contribution is -2.47. The number of amides is 3. The molecule has 24 nitrogen and oxygen atoms in total. The average Bonchev–Trinajstić information content (AvgIpc) is 1.60. The fourth-order valence-corrected chi connectivity index (χ4v) is 19.7. The number of aromatic amines is 4. The number of alkyl halides is 1. The maximum atomic E-state index is 13.6. The lowest BCUT2D eigenvalue weighted by Gasteiger charge is -2.35. The Bertz CT molecular complexity index is 6120. The normalized spacial score (nSPS) is 19.1. The fraction of sp³-hybridized carbons (Fsp3) is 0.369. The monoisotopic (exact) mass is 1890 g/mol. The largest absolute Gasteiger partial charge is 0.497 e. The number of fused-ring (bicyclic) bond motifs is 12. The lowest BCUT2D eigenvalue weighted by molar-refractivity contribution is 0.0504. The quantitative estimate of drug-likeness (QED) is 0.0198. The van der Waals surface area contributed by atoms with Crippen LogP contribution in [0, 0.1) is 5.92 Å². The van der Waals surface area contributed by atoms with E-state index in [4.69, 9.17) is 101 Å². The number of piperazine rings is 1. The molecule has 3 amide bonds. The first kappa shape index (κ1) is 93.0. The van der Waals surface area contributed by atoms with E-state index in [2.05, 4.69) is 78.3 Å². The molecule has 3 fully saturated rings. The molecule has 0 aliphatic carbocycles. The Morgan fingerprint density at radius 3 is 1.31 bits per heavy atom. The highest BCUT2D eigenvalue weighted by atomic mass is 35.5. The number of aromatic nitrogens is 4. The third kappa shape index (κ3) is 22.0. The number of nitrogens with one attached hydrogen (secondary N) is 5. The zero-order valence-corrected chi connectivity index (χ0v) is 78.6. The van der Waals surface area contributed by atoms with E-state index >= 15 is 0 Å². The minimum absolute atomic E-state index is 0.159. The van der Waals surface area contributed by atoms with E-state index in [1.807, 2.05) is 159 Å². The predicted octanol–water partition coefficient (Wildman–Crippen LogP) is 20.4. The van der Waals surface area contributed by atoms with Gasteiger partial charge in [0.15, 0.2) is 0 Å². The number of nitrogens with zero attached hydrogens (tertiary/aromatic N) is 6. The van der Waals surface area contributed by atoms with Crippen molar-refractivity contribution in [3.05, 3.63) is 281 Å². The van der Waals surface area contributed by atoms with Gasteiger partial charge in [-0.05, 0) is 270 Å². The summed E-state index contributed by atoms with van der Waals surface area (Å²) in [6.07, 6.45) is 5.04. The first-order valence-electron chi connectivity index (χ1n) is 45.6. The van der Waals surface area contributed by atoms with Gasteiger partial charge < -0.3 is 82.8 Å². The van der Waals surface area contributed by atoms with Gasteiger partial charge in [-0.15, -0.1) is 11.6 Å². The van der Waals surface area contributed by atoms with Crippen molar-refractivity contribution >= 4 is 120 Å². The Morgan fingerprint density at radius 2 is 0.871 bits per heavy atom. The third-order valence-electron chi connectivity index (χ3n) is 25.6. The Kier molecular flexibility index (Phi) is 30.3. The van der Waals surface area contributed by atoms with E-state index in [0.29, 0.717) is 110 Å². The number of rotatable bonds is 23. The van der Waals surface area contributed by atoms with Crippen LogP contribution in [-0.2, 0) is 39.9 Å². The summed E-state index contributed by atoms with van der Waals surface area (Å²) >= 11 is 30.8. The zero-order valence-electron chi connectivity index (χ0n) is 74.8. The van der Waals surface area contributed by atoms with E-state index in [-0.39, 0.29) is 49.1 Å². The topological polar surface area (TPSA) is 252 Å². The first-order valence-corrected chi connectivity index (χ1v) is 47.6. The molecule has 0 bridgehead atoms. The van der Waals surface area contributed by atoms with E-state index in [9.17, 15) is 19.5 Å². The Balaban J connectivity index is 0.000000125. The molecular weight excluding hydrogens is 1780 g/mol. The van der Waals surface area contributed by atoms with Crippen molar-refractivity contribution in [1.29, 1.82) is 0 Å². The number of methoxy groups -OCH3 is 1. The number of benzene rings is 9. The SMILES string of the molecule is CCOC(=O)N1CCc2c([nH]c3ccc(Cl)cc23)C1c1ccc(OCC(O)CN2CCN(C)CC2)cc1.CCOC(=O)N1CCc2c([nH]c3ccc(Cl)cc23)C1c1ccc(OCC2CO2)cc1.COc1ccc(OC(=O)N2CCc3c([nH]c4ccc(Cl)cc34)C2c2ccc(OCC3CCCN(C)C3)cc2)cc1.ClCCCOc1ccc(C2NCCc3c2[nH]c2ccc(Cl)cc32)cc1. The third-order valence-corrected chi connectivity index (χ3v) is 26.8. The van der Waals surface area contributed by atoms with Gasteiger partial charge in [0, 0.05) is 164 Å². The summed E-state index contributed by atoms with van der Waals surface area (Å²) in [5.41, 5.74) is 17.4. The molecular formula is C103H112Cl5N11O13. The average molecular weight is 1890 g/mol. The molecule has 7 aliphatic rings. The standard InChI is InChI=1S/C32H34ClN3O4.C28H35ClN4O4.C23H23ClN2O4.C20H20Cl2N2O/c1-35-16-3-4-21(19-35)20-39-25-8-5-22(6-9-25)31-30-27(28-18-23(33)7-14-29(28)34-30)15-17-36(31)32(37)40-26-12-10-24(38-2)11-13-26;1-3-36-28(35)33-11-10-23-24-16-20(29)6-9-25(24)30-26(23)27(33)19-4-7-22(8-5-19)37-18-21(34)17-32-14-12-31(2)13-15-32;1-2-28-23(27)26-10-9-18-19-11-15(24)5-8-20(19)25-21(18)22(26)14-3-6-16(7-4-14)29-12-17-13-30-17;21-9-1-11-25-15-5-2-13(3-6-15)19-20-16(8-10-23-19)17-12-14(22)4-7-18(17)24-20/h5-14,18,21,31,34H,3-4,15-17,19-20H2,1-2H3;4-9,16,21,27,30,34H,3,10-15,17-18H2,1-2H3;3-8,11,17,22,25H,2,9-10,12-13H2,1H3;2-7,12,19,23-24H,1,8-11H2. The van der Waals surface area contributed by atoms with Crippen LogP contribution >= 0.6 is 58.0 Å². The van der Waals surface area contributed by atoms with E-state index < -0.39 is 12.2 Å². The number of β-amino-alcohol motifs (C(OH)–C–C–N with tert-alkyl or cyclic N) is 1. The number of aliphatic hydroxyl groups excluding tert-OH is 1. The summed E-state index contributed by atoms with van der Waals surface area (Å²) in [5.74, 6) is 5.53. The highest BCUT2D eigenvalue weighted by Gasteiger charge is 2.40. The summed E-state index contributed by atoms with van der Waals surface area (Å²) in [6.45, 7) is 16.6. The molecule has 29 heteroatoms. The molecule has 20 rings (SSSR count). The first-order chi connectivity index (χ1) is 64.3. The molecule has 0 saturated carbocycles. The summed E-state index contributed by atoms with van der Waals surface area (Å²) in [4.78, 5) is 65.7. The van der Waals surface area contributed by atoms with Crippen molar-refractivity contribution in [3.63, 3.8) is 0 Å². The number of carbonyl (C=O) groups excluding carboxylic acids is 3. The van der Waals surface area contributed by atoms with Gasteiger partial charge in [0.2, 0.25) is 0 Å². The number of piperidine rings is 1. The van der Waals surface area contributed by atoms with Crippen LogP contribution < -0.4 is 33.7 Å². The molecule has 11 heterocycles. The number of ether oxygens (including phenoxy) is 9. The van der Waals surface area contributed by atoms with Crippen LogP contribution in [-0.4, -0.2) is 230 Å². The van der Waals surface area contributed by atoms with Gasteiger partial charge in [0.25, 0.3) is 0 Å². The predicted molar refractivity (Wildman–Crippen MR) is 520 cm³/mol. The maximum absolute atomic E-state index is 13.6. The number of carbonyl (C=O) groups is 3. The van der Waals surface area contributed by atoms with Crippen LogP contribution in [0.25, 0.3) is 43.6 Å². The fourth-order valence-electron chi connectivity index (χ4n) is 18.9. The number of halogens is 5. The minimum atomic E-state index is -0.554. The van der Waals surface area contributed by atoms with Gasteiger partial charge in [-0.2, -0.15) is 0 Å². The number of H-pyrrole nitrogens is 4. The molecule has 0 radical (unpaired) electrons.